The van der Waals surface area contributed by atoms with Gasteiger partial charge in [-0.15, -0.1) is 0 Å². The lowest BCUT2D eigenvalue weighted by molar-refractivity contribution is -0.122. The molecule has 0 saturated carbocycles. The summed E-state index contributed by atoms with van der Waals surface area (Å²) in [5, 5.41) is 12.2. The van der Waals surface area contributed by atoms with Crippen molar-refractivity contribution in [3.63, 3.8) is 0 Å². The van der Waals surface area contributed by atoms with E-state index in [1.807, 2.05) is 0 Å². The number of urea groups is 1. The van der Waals surface area contributed by atoms with Gasteiger partial charge in [0.25, 0.3) is 11.8 Å². The number of halogens is 1. The number of hydrogen-bond donors (Lipinski definition) is 2. The van der Waals surface area contributed by atoms with Crippen LogP contribution in [0.5, 0.6) is 17.2 Å². The molecule has 1 saturated heterocycles. The molecule has 0 unspecified atom stereocenters. The highest BCUT2D eigenvalue weighted by atomic mass is 79.9. The average Bonchev–Trinajstić information content (AvgIpc) is 2.69. The van der Waals surface area contributed by atoms with Crippen LogP contribution in [-0.4, -0.2) is 36.7 Å². The van der Waals surface area contributed by atoms with Gasteiger partial charge in [0.05, 0.1) is 23.9 Å². The summed E-state index contributed by atoms with van der Waals surface area (Å²) in [5.74, 6) is -0.926. The van der Waals surface area contributed by atoms with E-state index in [4.69, 9.17) is 9.47 Å². The number of methoxy groups -OCH3 is 1. The van der Waals surface area contributed by atoms with E-state index in [0.29, 0.717) is 22.4 Å². The highest BCUT2D eigenvalue weighted by Gasteiger charge is 2.36. The number of hydrogen-bond acceptors (Lipinski definition) is 6. The zero-order valence-corrected chi connectivity index (χ0v) is 17.1. The van der Waals surface area contributed by atoms with Gasteiger partial charge >= 0.3 is 6.03 Å². The molecule has 2 aromatic rings. The van der Waals surface area contributed by atoms with Crippen molar-refractivity contribution < 1.29 is 29.0 Å². The van der Waals surface area contributed by atoms with Gasteiger partial charge in [0.1, 0.15) is 11.3 Å². The normalized spacial score (nSPS) is 15.5. The number of carbonyl (C=O) groups excluding carboxylic acids is 3. The van der Waals surface area contributed by atoms with E-state index in [0.717, 1.165) is 4.90 Å². The molecule has 150 valence electrons. The van der Waals surface area contributed by atoms with Crippen LogP contribution in [-0.2, 0) is 9.59 Å². The van der Waals surface area contributed by atoms with E-state index in [2.05, 4.69) is 21.2 Å². The summed E-state index contributed by atoms with van der Waals surface area (Å²) in [6.07, 6.45) is 1.33. The summed E-state index contributed by atoms with van der Waals surface area (Å²) in [6, 6.07) is 8.44. The maximum absolute atomic E-state index is 12.9. The van der Waals surface area contributed by atoms with Crippen LogP contribution in [0, 0.1) is 0 Å². The molecule has 9 heteroatoms. The SMILES string of the molecule is CCOc1cc(/C=C2\C(=O)NC(=O)N(c3ccc(OC)cc3)C2=O)cc(Br)c1O. The van der Waals surface area contributed by atoms with E-state index >= 15 is 0 Å². The quantitative estimate of drug-likeness (QED) is 0.524. The molecule has 1 aliphatic heterocycles. The van der Waals surface area contributed by atoms with Crippen LogP contribution in [0.15, 0.2) is 46.4 Å². The second-order valence-electron chi connectivity index (χ2n) is 5.94. The molecule has 8 nitrogen and oxygen atoms in total. The van der Waals surface area contributed by atoms with Crippen LogP contribution in [0.2, 0.25) is 0 Å². The van der Waals surface area contributed by atoms with Crippen molar-refractivity contribution in [1.82, 2.24) is 5.32 Å². The average molecular weight is 461 g/mol. The molecular formula is C20H17BrN2O6. The monoisotopic (exact) mass is 460 g/mol. The van der Waals surface area contributed by atoms with Crippen LogP contribution >= 0.6 is 15.9 Å². The number of imide groups is 2. The third-order valence-electron chi connectivity index (χ3n) is 4.09. The minimum Gasteiger partial charge on any atom is -0.503 e. The van der Waals surface area contributed by atoms with Crippen molar-refractivity contribution in [3.05, 3.63) is 52.0 Å². The van der Waals surface area contributed by atoms with Gasteiger partial charge < -0.3 is 14.6 Å². The van der Waals surface area contributed by atoms with Crippen molar-refractivity contribution in [2.45, 2.75) is 6.92 Å². The lowest BCUT2D eigenvalue weighted by Gasteiger charge is -2.26. The molecule has 1 fully saturated rings. The number of phenols is 1. The van der Waals surface area contributed by atoms with Crippen molar-refractivity contribution in [2.75, 3.05) is 18.6 Å². The van der Waals surface area contributed by atoms with E-state index in [1.54, 1.807) is 19.1 Å². The largest absolute Gasteiger partial charge is 0.503 e. The maximum Gasteiger partial charge on any atom is 0.335 e. The summed E-state index contributed by atoms with van der Waals surface area (Å²) >= 11 is 3.21. The van der Waals surface area contributed by atoms with Gasteiger partial charge in [0.15, 0.2) is 11.5 Å². The van der Waals surface area contributed by atoms with Crippen LogP contribution in [0.3, 0.4) is 0 Å². The molecule has 3 rings (SSSR count). The smallest absolute Gasteiger partial charge is 0.335 e. The number of ether oxygens (including phenoxy) is 2. The Morgan fingerprint density at radius 2 is 1.86 bits per heavy atom. The number of amides is 4. The number of carbonyl (C=O) groups is 3. The zero-order chi connectivity index (χ0) is 21.1. The highest BCUT2D eigenvalue weighted by Crippen LogP contribution is 2.36. The first-order chi connectivity index (χ1) is 13.8. The van der Waals surface area contributed by atoms with Crippen molar-refractivity contribution in [2.24, 2.45) is 0 Å². The Bertz CT molecular complexity index is 1020. The minimum absolute atomic E-state index is 0.0940. The number of anilines is 1. The maximum atomic E-state index is 12.9. The van der Waals surface area contributed by atoms with Crippen molar-refractivity contribution in [1.29, 1.82) is 0 Å². The molecule has 4 amide bonds. The lowest BCUT2D eigenvalue weighted by Crippen LogP contribution is -2.54. The Balaban J connectivity index is 2.01. The molecule has 0 aliphatic carbocycles. The number of aromatic hydroxyl groups is 1. The Morgan fingerprint density at radius 1 is 1.17 bits per heavy atom. The van der Waals surface area contributed by atoms with Crippen LogP contribution in [0.1, 0.15) is 12.5 Å². The first kappa shape index (κ1) is 20.4. The molecule has 0 atom stereocenters. The zero-order valence-electron chi connectivity index (χ0n) is 15.6. The molecular weight excluding hydrogens is 444 g/mol. The van der Waals surface area contributed by atoms with Gasteiger partial charge in [-0.25, -0.2) is 9.69 Å². The fourth-order valence-electron chi connectivity index (χ4n) is 2.73. The standard InChI is InChI=1S/C20H17BrN2O6/c1-3-29-16-10-11(9-15(21)17(16)24)8-14-18(25)22-20(27)23(19(14)26)12-4-6-13(28-2)7-5-12/h4-10,24H,3H2,1-2H3,(H,22,25,27)/b14-8+. The first-order valence-corrected chi connectivity index (χ1v) is 9.35. The van der Waals surface area contributed by atoms with Gasteiger partial charge in [-0.05, 0) is 70.9 Å². The molecule has 29 heavy (non-hydrogen) atoms. The van der Waals surface area contributed by atoms with Crippen LogP contribution < -0.4 is 19.7 Å². The van der Waals surface area contributed by atoms with Crippen LogP contribution in [0.25, 0.3) is 6.08 Å². The lowest BCUT2D eigenvalue weighted by atomic mass is 10.1. The topological polar surface area (TPSA) is 105 Å². The second kappa shape index (κ2) is 8.36. The summed E-state index contributed by atoms with van der Waals surface area (Å²) < 4.78 is 10.8. The summed E-state index contributed by atoms with van der Waals surface area (Å²) in [6.45, 7) is 2.08. The van der Waals surface area contributed by atoms with E-state index in [-0.39, 0.29) is 22.8 Å². The predicted molar refractivity (Wildman–Crippen MR) is 109 cm³/mol. The summed E-state index contributed by atoms with van der Waals surface area (Å²) in [4.78, 5) is 38.3. The van der Waals surface area contributed by atoms with Gasteiger partial charge in [-0.3, -0.25) is 14.9 Å². The minimum atomic E-state index is -0.843. The fraction of sp³-hybridized carbons (Fsp3) is 0.150. The molecule has 0 bridgehead atoms. The van der Waals surface area contributed by atoms with Gasteiger partial charge in [0.2, 0.25) is 0 Å². The van der Waals surface area contributed by atoms with Crippen LogP contribution in [0.4, 0.5) is 10.5 Å². The molecule has 0 radical (unpaired) electrons. The van der Waals surface area contributed by atoms with E-state index < -0.39 is 17.8 Å². The molecule has 1 heterocycles. The third kappa shape index (κ3) is 4.09. The Hall–Kier alpha value is -3.33. The Labute approximate surface area is 174 Å². The number of phenolic OH excluding ortho intramolecular Hbond substituents is 1. The molecule has 0 aromatic heterocycles. The van der Waals surface area contributed by atoms with Gasteiger partial charge in [0, 0.05) is 0 Å². The second-order valence-corrected chi connectivity index (χ2v) is 6.79. The highest BCUT2D eigenvalue weighted by molar-refractivity contribution is 9.10. The number of barbiturate groups is 1. The van der Waals surface area contributed by atoms with E-state index in [1.165, 1.54) is 37.5 Å². The first-order valence-electron chi connectivity index (χ1n) is 8.56. The number of nitrogens with zero attached hydrogens (tertiary/aromatic N) is 1. The Morgan fingerprint density at radius 3 is 2.48 bits per heavy atom. The third-order valence-corrected chi connectivity index (χ3v) is 4.70. The Kier molecular flexibility index (Phi) is 5.88. The molecule has 1 aliphatic rings. The molecule has 0 spiro atoms. The summed E-state index contributed by atoms with van der Waals surface area (Å²) in [5.41, 5.74) is 0.481. The number of rotatable bonds is 5. The van der Waals surface area contributed by atoms with Gasteiger partial charge in [-0.1, -0.05) is 0 Å². The summed E-state index contributed by atoms with van der Waals surface area (Å²) in [7, 11) is 1.50. The number of benzene rings is 2. The molecule has 2 aromatic carbocycles. The molecule has 2 N–H and O–H groups in total. The van der Waals surface area contributed by atoms with Crippen molar-refractivity contribution in [3.8, 4) is 17.2 Å². The van der Waals surface area contributed by atoms with Gasteiger partial charge in [-0.2, -0.15) is 0 Å². The fourth-order valence-corrected chi connectivity index (χ4v) is 3.19. The van der Waals surface area contributed by atoms with E-state index in [9.17, 15) is 19.5 Å². The van der Waals surface area contributed by atoms with Crippen molar-refractivity contribution >= 4 is 45.5 Å². The predicted octanol–water partition coefficient (Wildman–Crippen LogP) is 3.23. The number of nitrogens with one attached hydrogen (secondary N) is 1.